The van der Waals surface area contributed by atoms with Crippen LogP contribution in [0, 0.1) is 0 Å². The Kier molecular flexibility index (Phi) is 4.38. The van der Waals surface area contributed by atoms with Crippen LogP contribution in [0.3, 0.4) is 0 Å². The molecule has 0 saturated carbocycles. The van der Waals surface area contributed by atoms with Gasteiger partial charge in [-0.15, -0.1) is 11.3 Å². The lowest BCUT2D eigenvalue weighted by atomic mass is 10.3. The van der Waals surface area contributed by atoms with E-state index >= 15 is 0 Å². The Hall–Kier alpha value is -1.33. The summed E-state index contributed by atoms with van der Waals surface area (Å²) in [4.78, 5) is 10.7. The van der Waals surface area contributed by atoms with Crippen molar-refractivity contribution in [2.45, 2.75) is 19.9 Å². The third-order valence-corrected chi connectivity index (χ3v) is 3.91. The molecule has 0 unspecified atom stereocenters. The third kappa shape index (κ3) is 3.11. The molecular weight excluding hydrogens is 270 g/mol. The maximum absolute atomic E-state index is 6.01. The van der Waals surface area contributed by atoms with Crippen molar-refractivity contribution in [3.63, 3.8) is 0 Å². The van der Waals surface area contributed by atoms with Crippen LogP contribution in [0.25, 0.3) is 0 Å². The van der Waals surface area contributed by atoms with E-state index < -0.39 is 0 Å². The topological polar surface area (TPSA) is 47.0 Å². The first-order valence-electron chi connectivity index (χ1n) is 5.61. The van der Waals surface area contributed by atoms with Crippen molar-refractivity contribution < 1.29 is 4.74 Å². The maximum atomic E-state index is 6.01. The number of thiophene rings is 1. The van der Waals surface area contributed by atoms with Crippen LogP contribution in [0.1, 0.15) is 16.7 Å². The van der Waals surface area contributed by atoms with Gasteiger partial charge in [-0.1, -0.05) is 18.5 Å². The van der Waals surface area contributed by atoms with Gasteiger partial charge in [0.2, 0.25) is 0 Å². The zero-order chi connectivity index (χ0) is 13.0. The molecular formula is C12H14ClN3OS. The molecule has 4 nitrogen and oxygen atoms in total. The Labute approximate surface area is 115 Å². The van der Waals surface area contributed by atoms with Crippen molar-refractivity contribution in [2.24, 2.45) is 0 Å². The highest BCUT2D eigenvalue weighted by Crippen LogP contribution is 2.22. The highest BCUT2D eigenvalue weighted by molar-refractivity contribution is 7.12. The van der Waals surface area contributed by atoms with Crippen LogP contribution in [0.5, 0.6) is 6.01 Å². The zero-order valence-corrected chi connectivity index (χ0v) is 11.8. The molecule has 1 N–H and O–H groups in total. The predicted octanol–water partition coefficient (Wildman–Crippen LogP) is 3.37. The fraction of sp³-hybridized carbons (Fsp3) is 0.333. The fourth-order valence-electron chi connectivity index (χ4n) is 1.45. The summed E-state index contributed by atoms with van der Waals surface area (Å²) in [6.45, 7) is 2.85. The molecule has 0 aromatic carbocycles. The highest BCUT2D eigenvalue weighted by atomic mass is 35.5. The third-order valence-electron chi connectivity index (χ3n) is 2.40. The molecule has 0 atom stereocenters. The Morgan fingerprint density at radius 1 is 1.39 bits per heavy atom. The van der Waals surface area contributed by atoms with Gasteiger partial charge in [-0.05, 0) is 18.6 Å². The molecule has 0 aliphatic rings. The molecule has 2 rings (SSSR count). The second kappa shape index (κ2) is 6.02. The van der Waals surface area contributed by atoms with Crippen LogP contribution >= 0.6 is 22.9 Å². The Balaban J connectivity index is 2.05. The van der Waals surface area contributed by atoms with Crippen molar-refractivity contribution in [1.82, 2.24) is 9.97 Å². The second-order valence-corrected chi connectivity index (χ2v) is 5.29. The van der Waals surface area contributed by atoms with Gasteiger partial charge in [0.15, 0.2) is 5.82 Å². The molecule has 6 heteroatoms. The molecule has 0 amide bonds. The van der Waals surface area contributed by atoms with Crippen molar-refractivity contribution in [3.8, 4) is 6.01 Å². The number of aryl methyl sites for hydroxylation is 1. The zero-order valence-electron chi connectivity index (χ0n) is 10.2. The van der Waals surface area contributed by atoms with Gasteiger partial charge in [-0.3, -0.25) is 0 Å². The molecule has 18 heavy (non-hydrogen) atoms. The lowest BCUT2D eigenvalue weighted by Crippen LogP contribution is -2.02. The van der Waals surface area contributed by atoms with Crippen LogP contribution in [0.4, 0.5) is 5.82 Å². The quantitative estimate of drug-likeness (QED) is 0.914. The molecule has 0 aliphatic heterocycles. The average molecular weight is 284 g/mol. The van der Waals surface area contributed by atoms with Gasteiger partial charge in [0.1, 0.15) is 5.02 Å². The van der Waals surface area contributed by atoms with Gasteiger partial charge in [-0.2, -0.15) is 4.98 Å². The number of nitrogens with one attached hydrogen (secondary N) is 1. The molecule has 96 valence electrons. The van der Waals surface area contributed by atoms with Crippen LogP contribution in [0.2, 0.25) is 5.02 Å². The highest BCUT2D eigenvalue weighted by Gasteiger charge is 2.06. The molecule has 0 saturated heterocycles. The molecule has 0 bridgehead atoms. The predicted molar refractivity (Wildman–Crippen MR) is 74.6 cm³/mol. The summed E-state index contributed by atoms with van der Waals surface area (Å²) in [5.74, 6) is 0.593. The average Bonchev–Trinajstić information content (AvgIpc) is 2.86. The van der Waals surface area contributed by atoms with E-state index in [-0.39, 0.29) is 0 Å². The molecule has 2 heterocycles. The SMILES string of the molecule is CCc1ccc(CNc2nc(OC)ncc2Cl)s1. The summed E-state index contributed by atoms with van der Waals surface area (Å²) >= 11 is 7.80. The van der Waals surface area contributed by atoms with Crippen molar-refractivity contribution in [2.75, 3.05) is 12.4 Å². The van der Waals surface area contributed by atoms with E-state index in [1.54, 1.807) is 11.3 Å². The van der Waals surface area contributed by atoms with E-state index in [4.69, 9.17) is 16.3 Å². The Morgan fingerprint density at radius 3 is 2.83 bits per heavy atom. The van der Waals surface area contributed by atoms with Crippen molar-refractivity contribution >= 4 is 28.8 Å². The molecule has 2 aromatic rings. The number of nitrogens with zero attached hydrogens (tertiary/aromatic N) is 2. The first-order valence-corrected chi connectivity index (χ1v) is 6.80. The summed E-state index contributed by atoms with van der Waals surface area (Å²) in [7, 11) is 1.53. The largest absolute Gasteiger partial charge is 0.467 e. The number of hydrogen-bond donors (Lipinski definition) is 1. The Bertz CT molecular complexity index is 530. The number of halogens is 1. The van der Waals surface area contributed by atoms with Gasteiger partial charge >= 0.3 is 6.01 Å². The van der Waals surface area contributed by atoms with Gasteiger partial charge in [0, 0.05) is 9.75 Å². The maximum Gasteiger partial charge on any atom is 0.318 e. The minimum absolute atomic E-state index is 0.308. The van der Waals surface area contributed by atoms with Crippen LogP contribution in [-0.4, -0.2) is 17.1 Å². The molecule has 0 fully saturated rings. The standard InChI is InChI=1S/C12H14ClN3OS/c1-3-8-4-5-9(18-8)6-14-11-10(13)7-15-12(16-11)17-2/h4-5,7H,3,6H2,1-2H3,(H,14,15,16). The lowest BCUT2D eigenvalue weighted by Gasteiger charge is -2.06. The number of methoxy groups -OCH3 is 1. The lowest BCUT2D eigenvalue weighted by molar-refractivity contribution is 0.380. The smallest absolute Gasteiger partial charge is 0.318 e. The number of anilines is 1. The Morgan fingerprint density at radius 2 is 2.17 bits per heavy atom. The van der Waals surface area contributed by atoms with Crippen LogP contribution in [-0.2, 0) is 13.0 Å². The normalized spacial score (nSPS) is 10.4. The van der Waals surface area contributed by atoms with E-state index in [0.29, 0.717) is 23.4 Å². The molecule has 0 radical (unpaired) electrons. The van der Waals surface area contributed by atoms with Crippen molar-refractivity contribution in [1.29, 1.82) is 0 Å². The monoisotopic (exact) mass is 283 g/mol. The molecule has 0 aliphatic carbocycles. The van der Waals surface area contributed by atoms with Gasteiger partial charge < -0.3 is 10.1 Å². The summed E-state index contributed by atoms with van der Waals surface area (Å²) < 4.78 is 4.97. The number of rotatable bonds is 5. The van der Waals surface area contributed by atoms with E-state index in [0.717, 1.165) is 6.42 Å². The summed E-state index contributed by atoms with van der Waals surface area (Å²) in [5.41, 5.74) is 0. The number of ether oxygens (including phenoxy) is 1. The van der Waals surface area contributed by atoms with Gasteiger partial charge in [0.05, 0.1) is 19.9 Å². The van der Waals surface area contributed by atoms with Gasteiger partial charge in [-0.25, -0.2) is 4.98 Å². The van der Waals surface area contributed by atoms with E-state index in [2.05, 4.69) is 34.3 Å². The van der Waals surface area contributed by atoms with Gasteiger partial charge in [0.25, 0.3) is 0 Å². The minimum Gasteiger partial charge on any atom is -0.467 e. The first kappa shape index (κ1) is 13.1. The summed E-state index contributed by atoms with van der Waals surface area (Å²) in [5, 5.41) is 3.68. The van der Waals surface area contributed by atoms with E-state index in [1.807, 2.05) is 0 Å². The first-order chi connectivity index (χ1) is 8.72. The van der Waals surface area contributed by atoms with E-state index in [9.17, 15) is 0 Å². The summed E-state index contributed by atoms with van der Waals surface area (Å²) in [6, 6.07) is 4.56. The van der Waals surface area contributed by atoms with Crippen LogP contribution < -0.4 is 10.1 Å². The van der Waals surface area contributed by atoms with Crippen molar-refractivity contribution in [3.05, 3.63) is 33.1 Å². The van der Waals surface area contributed by atoms with E-state index in [1.165, 1.54) is 23.1 Å². The second-order valence-electron chi connectivity index (χ2n) is 3.63. The summed E-state index contributed by atoms with van der Waals surface area (Å²) in [6.07, 6.45) is 2.59. The van der Waals surface area contributed by atoms with Crippen LogP contribution in [0.15, 0.2) is 18.3 Å². The molecule has 0 spiro atoms. The molecule has 2 aromatic heterocycles. The minimum atomic E-state index is 0.308. The number of aromatic nitrogens is 2. The fourth-order valence-corrected chi connectivity index (χ4v) is 2.51. The number of hydrogen-bond acceptors (Lipinski definition) is 5.